The summed E-state index contributed by atoms with van der Waals surface area (Å²) in [5.41, 5.74) is 5.35. The molecule has 0 aliphatic heterocycles. The minimum absolute atomic E-state index is 0.0129. The van der Waals surface area contributed by atoms with Gasteiger partial charge in [0.2, 0.25) is 0 Å². The molecular formula is C9H10Cl2N2O2. The smallest absolute Gasteiger partial charge is 0.180 e. The molecule has 0 fully saturated rings. The van der Waals surface area contributed by atoms with E-state index in [1.165, 1.54) is 0 Å². The van der Waals surface area contributed by atoms with Crippen molar-refractivity contribution in [1.82, 2.24) is 0 Å². The summed E-state index contributed by atoms with van der Waals surface area (Å²) < 4.78 is 5.34. The topological polar surface area (TPSA) is 67.8 Å². The number of ether oxygens (including phenoxy) is 1. The largest absolute Gasteiger partial charge is 0.483 e. The number of benzene rings is 1. The van der Waals surface area contributed by atoms with Gasteiger partial charge in [-0.25, -0.2) is 0 Å². The molecule has 1 aromatic carbocycles. The highest BCUT2D eigenvalue weighted by atomic mass is 35.5. The second kappa shape index (κ2) is 5.09. The van der Waals surface area contributed by atoms with Gasteiger partial charge < -0.3 is 15.7 Å². The third kappa shape index (κ3) is 3.18. The zero-order valence-corrected chi connectivity index (χ0v) is 9.46. The Hall–Kier alpha value is -1.13. The molecule has 1 atom stereocenters. The Labute approximate surface area is 97.2 Å². The molecule has 0 radical (unpaired) electrons. The first-order valence-electron chi connectivity index (χ1n) is 4.13. The summed E-state index contributed by atoms with van der Waals surface area (Å²) in [6.45, 7) is 1.65. The Kier molecular flexibility index (Phi) is 4.05. The Balaban J connectivity index is 2.77. The van der Waals surface area contributed by atoms with Crippen LogP contribution in [0.5, 0.6) is 5.75 Å². The van der Waals surface area contributed by atoms with Crippen LogP contribution >= 0.6 is 23.2 Å². The van der Waals surface area contributed by atoms with Gasteiger partial charge in [-0.3, -0.25) is 0 Å². The van der Waals surface area contributed by atoms with E-state index in [9.17, 15) is 0 Å². The molecule has 6 heteroatoms. The van der Waals surface area contributed by atoms with Crippen LogP contribution in [0, 0.1) is 0 Å². The number of halogens is 2. The second-order valence-electron chi connectivity index (χ2n) is 2.86. The summed E-state index contributed by atoms with van der Waals surface area (Å²) in [4.78, 5) is 0. The maximum Gasteiger partial charge on any atom is 0.180 e. The van der Waals surface area contributed by atoms with E-state index in [-0.39, 0.29) is 5.84 Å². The fourth-order valence-electron chi connectivity index (χ4n) is 0.896. The fourth-order valence-corrected chi connectivity index (χ4v) is 1.18. The van der Waals surface area contributed by atoms with Gasteiger partial charge in [0.05, 0.1) is 10.0 Å². The molecule has 1 rings (SSSR count). The lowest BCUT2D eigenvalue weighted by Gasteiger charge is -2.13. The van der Waals surface area contributed by atoms with E-state index < -0.39 is 6.10 Å². The fraction of sp³-hybridized carbons (Fsp3) is 0.222. The van der Waals surface area contributed by atoms with Crippen LogP contribution in [0.4, 0.5) is 0 Å². The number of nitrogens with two attached hydrogens (primary N) is 1. The number of hydrogen-bond donors (Lipinski definition) is 2. The molecule has 4 nitrogen and oxygen atoms in total. The Morgan fingerprint density at radius 2 is 2.13 bits per heavy atom. The average molecular weight is 249 g/mol. The Morgan fingerprint density at radius 3 is 2.67 bits per heavy atom. The number of hydrogen-bond acceptors (Lipinski definition) is 3. The van der Waals surface area contributed by atoms with E-state index >= 15 is 0 Å². The third-order valence-electron chi connectivity index (χ3n) is 1.74. The molecule has 0 aliphatic carbocycles. The lowest BCUT2D eigenvalue weighted by Crippen LogP contribution is -2.31. The normalized spacial score (nSPS) is 13.7. The molecule has 0 aromatic heterocycles. The minimum atomic E-state index is -0.535. The summed E-state index contributed by atoms with van der Waals surface area (Å²) in [6, 6.07) is 4.82. The van der Waals surface area contributed by atoms with Crippen LogP contribution in [-0.2, 0) is 0 Å². The highest BCUT2D eigenvalue weighted by Gasteiger charge is 2.10. The van der Waals surface area contributed by atoms with E-state index in [0.29, 0.717) is 15.8 Å². The van der Waals surface area contributed by atoms with Crippen LogP contribution in [0.3, 0.4) is 0 Å². The van der Waals surface area contributed by atoms with E-state index in [4.69, 9.17) is 38.9 Å². The van der Waals surface area contributed by atoms with Crippen molar-refractivity contribution in [3.63, 3.8) is 0 Å². The maximum absolute atomic E-state index is 8.42. The van der Waals surface area contributed by atoms with Gasteiger partial charge in [-0.1, -0.05) is 28.4 Å². The van der Waals surface area contributed by atoms with Crippen molar-refractivity contribution in [1.29, 1.82) is 0 Å². The molecule has 3 N–H and O–H groups in total. The first-order valence-corrected chi connectivity index (χ1v) is 4.89. The lowest BCUT2D eigenvalue weighted by molar-refractivity contribution is 0.265. The molecule has 1 aromatic rings. The van der Waals surface area contributed by atoms with Crippen molar-refractivity contribution in [2.75, 3.05) is 0 Å². The third-order valence-corrected chi connectivity index (χ3v) is 2.47. The zero-order chi connectivity index (χ0) is 11.4. The van der Waals surface area contributed by atoms with Gasteiger partial charge in [-0.05, 0) is 19.1 Å². The highest BCUT2D eigenvalue weighted by molar-refractivity contribution is 6.42. The number of nitrogens with zero attached hydrogens (tertiary/aromatic N) is 1. The van der Waals surface area contributed by atoms with Gasteiger partial charge in [0.15, 0.2) is 11.9 Å². The molecule has 0 bridgehead atoms. The summed E-state index contributed by atoms with van der Waals surface area (Å²) in [5, 5.41) is 12.1. The summed E-state index contributed by atoms with van der Waals surface area (Å²) in [5.74, 6) is 0.490. The SMILES string of the molecule is CC(Oc1ccc(Cl)c(Cl)c1)C(N)=NO. The number of amidine groups is 1. The standard InChI is InChI=1S/C9H10Cl2N2O2/c1-5(9(12)13-14)15-6-2-3-7(10)8(11)4-6/h2-5,14H,1H3,(H2,12,13). The van der Waals surface area contributed by atoms with Crippen molar-refractivity contribution < 1.29 is 9.94 Å². The minimum Gasteiger partial charge on any atom is -0.483 e. The van der Waals surface area contributed by atoms with E-state index in [1.54, 1.807) is 25.1 Å². The van der Waals surface area contributed by atoms with Gasteiger partial charge in [0.1, 0.15) is 5.75 Å². The van der Waals surface area contributed by atoms with E-state index in [2.05, 4.69) is 5.16 Å². The van der Waals surface area contributed by atoms with E-state index in [1.807, 2.05) is 0 Å². The second-order valence-corrected chi connectivity index (χ2v) is 3.68. The molecule has 15 heavy (non-hydrogen) atoms. The van der Waals surface area contributed by atoms with Gasteiger partial charge in [0, 0.05) is 6.07 Å². The van der Waals surface area contributed by atoms with Crippen LogP contribution in [0.2, 0.25) is 10.0 Å². The highest BCUT2D eigenvalue weighted by Crippen LogP contribution is 2.26. The Bertz CT molecular complexity index is 382. The predicted octanol–water partition coefficient (Wildman–Crippen LogP) is 2.51. The Morgan fingerprint density at radius 1 is 1.47 bits per heavy atom. The molecular weight excluding hydrogens is 239 g/mol. The van der Waals surface area contributed by atoms with Crippen molar-refractivity contribution in [2.45, 2.75) is 13.0 Å². The van der Waals surface area contributed by atoms with Gasteiger partial charge >= 0.3 is 0 Å². The van der Waals surface area contributed by atoms with Crippen molar-refractivity contribution in [2.24, 2.45) is 10.9 Å². The summed E-state index contributed by atoms with van der Waals surface area (Å²) in [6.07, 6.45) is -0.535. The van der Waals surface area contributed by atoms with Crippen molar-refractivity contribution in [3.8, 4) is 5.75 Å². The maximum atomic E-state index is 8.42. The molecule has 0 aliphatic rings. The monoisotopic (exact) mass is 248 g/mol. The molecule has 0 heterocycles. The van der Waals surface area contributed by atoms with Gasteiger partial charge in [-0.2, -0.15) is 0 Å². The quantitative estimate of drug-likeness (QED) is 0.374. The van der Waals surface area contributed by atoms with Crippen LogP contribution in [0.15, 0.2) is 23.4 Å². The molecule has 0 spiro atoms. The van der Waals surface area contributed by atoms with Gasteiger partial charge in [0.25, 0.3) is 0 Å². The lowest BCUT2D eigenvalue weighted by atomic mass is 10.3. The molecule has 0 saturated heterocycles. The first-order chi connectivity index (χ1) is 7.04. The van der Waals surface area contributed by atoms with E-state index in [0.717, 1.165) is 0 Å². The summed E-state index contributed by atoms with van der Waals surface area (Å²) >= 11 is 11.5. The average Bonchev–Trinajstić information content (AvgIpc) is 2.22. The molecule has 82 valence electrons. The molecule has 0 saturated carbocycles. The first kappa shape index (κ1) is 11.9. The predicted molar refractivity (Wildman–Crippen MR) is 60.0 cm³/mol. The number of oxime groups is 1. The van der Waals surface area contributed by atoms with Crippen LogP contribution < -0.4 is 10.5 Å². The van der Waals surface area contributed by atoms with Crippen LogP contribution in [0.1, 0.15) is 6.92 Å². The number of rotatable bonds is 3. The van der Waals surface area contributed by atoms with Crippen molar-refractivity contribution >= 4 is 29.0 Å². The molecule has 0 amide bonds. The summed E-state index contributed by atoms with van der Waals surface area (Å²) in [7, 11) is 0. The molecule has 1 unspecified atom stereocenters. The van der Waals surface area contributed by atoms with Crippen LogP contribution in [0.25, 0.3) is 0 Å². The zero-order valence-electron chi connectivity index (χ0n) is 7.95. The van der Waals surface area contributed by atoms with Crippen molar-refractivity contribution in [3.05, 3.63) is 28.2 Å². The van der Waals surface area contributed by atoms with Crippen LogP contribution in [-0.4, -0.2) is 17.1 Å². The van der Waals surface area contributed by atoms with Gasteiger partial charge in [-0.15, -0.1) is 0 Å².